The Morgan fingerprint density at radius 3 is 2.12 bits per heavy atom. The molecule has 5 rings (SSSR count). The fourth-order valence-electron chi connectivity index (χ4n) is 4.30. The van der Waals surface area contributed by atoms with E-state index >= 15 is 0 Å². The van der Waals surface area contributed by atoms with Gasteiger partial charge in [0.1, 0.15) is 17.5 Å². The molecule has 6 heteroatoms. The topological polar surface area (TPSA) is 79.0 Å². The Balaban J connectivity index is 1.38. The Morgan fingerprint density at radius 1 is 0.765 bits per heavy atom. The average molecular weight is 453 g/mol. The van der Waals surface area contributed by atoms with Gasteiger partial charge in [0.25, 0.3) is 5.91 Å². The summed E-state index contributed by atoms with van der Waals surface area (Å²) in [5.74, 6) is -1.45. The minimum Gasteiger partial charge on any atom is -0.384 e. The van der Waals surface area contributed by atoms with Crippen molar-refractivity contribution in [3.63, 3.8) is 0 Å². The minimum absolute atomic E-state index is 0.0295. The molecular formula is C28H21F2N3O. The maximum atomic E-state index is 14.3. The van der Waals surface area contributed by atoms with Crippen molar-refractivity contribution in [3.05, 3.63) is 124 Å². The first-order valence-electron chi connectivity index (χ1n) is 10.8. The van der Waals surface area contributed by atoms with Crippen LogP contribution in [-0.2, 0) is 12.8 Å². The Labute approximate surface area is 195 Å². The summed E-state index contributed by atoms with van der Waals surface area (Å²) in [4.78, 5) is 12.8. The van der Waals surface area contributed by atoms with Crippen LogP contribution in [0.2, 0.25) is 0 Å². The molecule has 0 saturated carbocycles. The zero-order valence-electron chi connectivity index (χ0n) is 18.2. The molecule has 4 nitrogen and oxygen atoms in total. The Kier molecular flexibility index (Phi) is 5.42. The third-order valence-electron chi connectivity index (χ3n) is 6.13. The number of carbonyl (C=O) groups is 1. The molecule has 0 spiro atoms. The van der Waals surface area contributed by atoms with E-state index in [0.717, 1.165) is 34.7 Å². The van der Waals surface area contributed by atoms with Crippen molar-refractivity contribution in [1.82, 2.24) is 0 Å². The van der Waals surface area contributed by atoms with Gasteiger partial charge in [-0.15, -0.1) is 0 Å². The number of anilines is 1. The summed E-state index contributed by atoms with van der Waals surface area (Å²) in [7, 11) is 0. The maximum Gasteiger partial charge on any atom is 0.255 e. The summed E-state index contributed by atoms with van der Waals surface area (Å²) in [6, 6.07) is 21.8. The average Bonchev–Trinajstić information content (AvgIpc) is 2.82. The number of amidine groups is 1. The maximum absolute atomic E-state index is 14.3. The quantitative estimate of drug-likeness (QED) is 0.242. The van der Waals surface area contributed by atoms with Crippen molar-refractivity contribution in [2.75, 3.05) is 5.32 Å². The number of nitrogens with one attached hydrogen (secondary N) is 2. The number of benzene rings is 4. The van der Waals surface area contributed by atoms with Gasteiger partial charge in [-0.05, 0) is 89.2 Å². The highest BCUT2D eigenvalue weighted by molar-refractivity contribution is 6.04. The third-order valence-corrected chi connectivity index (χ3v) is 6.13. The van der Waals surface area contributed by atoms with Crippen LogP contribution in [0.4, 0.5) is 14.5 Å². The van der Waals surface area contributed by atoms with E-state index in [4.69, 9.17) is 11.1 Å². The van der Waals surface area contributed by atoms with Crippen LogP contribution in [0.5, 0.6) is 0 Å². The van der Waals surface area contributed by atoms with Crippen LogP contribution in [0.25, 0.3) is 11.1 Å². The van der Waals surface area contributed by atoms with E-state index in [2.05, 4.69) is 5.32 Å². The van der Waals surface area contributed by atoms with Gasteiger partial charge in [-0.3, -0.25) is 10.2 Å². The van der Waals surface area contributed by atoms with Crippen molar-refractivity contribution < 1.29 is 13.6 Å². The first kappa shape index (κ1) is 21.5. The monoisotopic (exact) mass is 453 g/mol. The number of rotatable bonds is 4. The smallest absolute Gasteiger partial charge is 0.255 e. The lowest BCUT2D eigenvalue weighted by atomic mass is 9.83. The Hall–Kier alpha value is -4.32. The summed E-state index contributed by atoms with van der Waals surface area (Å²) in [5, 5.41) is 10.3. The predicted octanol–water partition coefficient (Wildman–Crippen LogP) is 5.66. The van der Waals surface area contributed by atoms with Gasteiger partial charge >= 0.3 is 0 Å². The predicted molar refractivity (Wildman–Crippen MR) is 129 cm³/mol. The number of fused-ring (bicyclic) bond motifs is 2. The zero-order chi connectivity index (χ0) is 23.8. The van der Waals surface area contributed by atoms with Crippen LogP contribution < -0.4 is 11.1 Å². The SMILES string of the molecule is N=C(N)c1ccc(NC(=O)c2ccc3c(c2)Cc2cc(-c4ccc(F)cc4F)ccc2C3)cc1. The molecule has 34 heavy (non-hydrogen) atoms. The lowest BCUT2D eigenvalue weighted by molar-refractivity contribution is 0.102. The van der Waals surface area contributed by atoms with Crippen LogP contribution >= 0.6 is 0 Å². The molecule has 1 aliphatic carbocycles. The second-order valence-electron chi connectivity index (χ2n) is 8.39. The molecule has 168 valence electrons. The lowest BCUT2D eigenvalue weighted by Crippen LogP contribution is -2.15. The summed E-state index contributed by atoms with van der Waals surface area (Å²) in [5.41, 5.74) is 12.7. The van der Waals surface area contributed by atoms with Gasteiger partial charge in [0, 0.05) is 28.4 Å². The number of amides is 1. The van der Waals surface area contributed by atoms with Gasteiger partial charge in [0.05, 0.1) is 0 Å². The van der Waals surface area contributed by atoms with E-state index in [0.29, 0.717) is 34.4 Å². The van der Waals surface area contributed by atoms with Gasteiger partial charge in [0.15, 0.2) is 0 Å². The van der Waals surface area contributed by atoms with Crippen molar-refractivity contribution in [3.8, 4) is 11.1 Å². The highest BCUT2D eigenvalue weighted by Gasteiger charge is 2.19. The summed E-state index contributed by atoms with van der Waals surface area (Å²) in [6.45, 7) is 0. The fraction of sp³-hybridized carbons (Fsp3) is 0.0714. The zero-order valence-corrected chi connectivity index (χ0v) is 18.2. The molecule has 4 aromatic carbocycles. The fourth-order valence-corrected chi connectivity index (χ4v) is 4.30. The van der Waals surface area contributed by atoms with E-state index in [-0.39, 0.29) is 11.7 Å². The number of hydrogen-bond acceptors (Lipinski definition) is 2. The van der Waals surface area contributed by atoms with Crippen LogP contribution in [0.15, 0.2) is 78.9 Å². The molecule has 0 atom stereocenters. The van der Waals surface area contributed by atoms with Crippen molar-refractivity contribution in [2.24, 2.45) is 5.73 Å². The molecule has 4 aromatic rings. The van der Waals surface area contributed by atoms with E-state index in [1.54, 1.807) is 24.3 Å². The first-order valence-corrected chi connectivity index (χ1v) is 10.8. The lowest BCUT2D eigenvalue weighted by Gasteiger charge is -2.21. The number of hydrogen-bond donors (Lipinski definition) is 3. The summed E-state index contributed by atoms with van der Waals surface area (Å²) < 4.78 is 27.6. The molecule has 0 aromatic heterocycles. The van der Waals surface area contributed by atoms with E-state index in [1.165, 1.54) is 12.1 Å². The van der Waals surface area contributed by atoms with Gasteiger partial charge < -0.3 is 11.1 Å². The highest BCUT2D eigenvalue weighted by atomic mass is 19.1. The van der Waals surface area contributed by atoms with Crippen LogP contribution in [0.1, 0.15) is 38.2 Å². The Morgan fingerprint density at radius 2 is 1.41 bits per heavy atom. The largest absolute Gasteiger partial charge is 0.384 e. The molecule has 1 aliphatic rings. The summed E-state index contributed by atoms with van der Waals surface area (Å²) >= 11 is 0. The second-order valence-corrected chi connectivity index (χ2v) is 8.39. The van der Waals surface area contributed by atoms with Crippen LogP contribution in [-0.4, -0.2) is 11.7 Å². The molecule has 0 aliphatic heterocycles. The van der Waals surface area contributed by atoms with Gasteiger partial charge in [-0.25, -0.2) is 8.78 Å². The van der Waals surface area contributed by atoms with Crippen LogP contribution in [0.3, 0.4) is 0 Å². The first-order chi connectivity index (χ1) is 16.4. The highest BCUT2D eigenvalue weighted by Crippen LogP contribution is 2.32. The Bertz CT molecular complexity index is 1440. The third kappa shape index (κ3) is 4.18. The number of carbonyl (C=O) groups excluding carboxylic acids is 1. The molecule has 0 unspecified atom stereocenters. The number of nitrogens with two attached hydrogens (primary N) is 1. The van der Waals surface area contributed by atoms with E-state index in [9.17, 15) is 13.6 Å². The normalized spacial score (nSPS) is 11.9. The van der Waals surface area contributed by atoms with Crippen molar-refractivity contribution in [1.29, 1.82) is 5.41 Å². The van der Waals surface area contributed by atoms with Crippen LogP contribution in [0, 0.1) is 17.0 Å². The van der Waals surface area contributed by atoms with Gasteiger partial charge in [0.2, 0.25) is 0 Å². The molecule has 1 amide bonds. The van der Waals surface area contributed by atoms with Crippen molar-refractivity contribution >= 4 is 17.4 Å². The van der Waals surface area contributed by atoms with E-state index in [1.807, 2.05) is 36.4 Å². The standard InChI is InChI=1S/C28H21F2N3O/c29-23-7-10-25(26(30)15-23)19-3-1-17-11-18-2-4-20(13-22(18)14-21(17)12-19)28(34)33-24-8-5-16(6-9-24)27(31)32/h1-10,12-13,15H,11,14H2,(H3,31,32)(H,33,34). The van der Waals surface area contributed by atoms with E-state index < -0.39 is 11.6 Å². The molecule has 0 saturated heterocycles. The molecule has 0 heterocycles. The molecule has 0 fully saturated rings. The van der Waals surface area contributed by atoms with Gasteiger partial charge in [-0.2, -0.15) is 0 Å². The number of halogens is 2. The van der Waals surface area contributed by atoms with Gasteiger partial charge in [-0.1, -0.05) is 24.3 Å². The number of nitrogen functional groups attached to an aromatic ring is 1. The second kappa shape index (κ2) is 8.56. The molecule has 4 N–H and O–H groups in total. The molecule has 0 radical (unpaired) electrons. The molecule has 0 bridgehead atoms. The molecular weight excluding hydrogens is 432 g/mol. The summed E-state index contributed by atoms with van der Waals surface area (Å²) in [6.07, 6.45) is 1.35. The van der Waals surface area contributed by atoms with Crippen molar-refractivity contribution in [2.45, 2.75) is 12.8 Å². The minimum atomic E-state index is -0.603.